The van der Waals surface area contributed by atoms with Gasteiger partial charge in [-0.1, -0.05) is 0 Å². The lowest BCUT2D eigenvalue weighted by Gasteiger charge is -2.16. The minimum atomic E-state index is -3.52. The Kier molecular flexibility index (Phi) is 1.15. The van der Waals surface area contributed by atoms with Crippen LogP contribution >= 0.6 is 7.82 Å². The van der Waals surface area contributed by atoms with Gasteiger partial charge in [0.05, 0.1) is 0 Å². The zero-order chi connectivity index (χ0) is 10.1. The number of phenols is 1. The number of phenolic OH excluding ortho intramolecular Hbond substituents is 1. The molecule has 3 bridgehead atoms. The van der Waals surface area contributed by atoms with Gasteiger partial charge < -0.3 is 18.7 Å². The summed E-state index contributed by atoms with van der Waals surface area (Å²) in [7, 11) is -3.52. The Hall–Kier alpha value is -1.35. The van der Waals surface area contributed by atoms with E-state index in [0.717, 1.165) is 11.1 Å². The van der Waals surface area contributed by atoms with Crippen molar-refractivity contribution in [3.63, 3.8) is 0 Å². The summed E-state index contributed by atoms with van der Waals surface area (Å²) >= 11 is 0. The van der Waals surface area contributed by atoms with Crippen molar-refractivity contribution in [1.82, 2.24) is 0 Å². The quantitative estimate of drug-likeness (QED) is 0.671. The fourth-order valence-corrected chi connectivity index (χ4v) is 2.99. The van der Waals surface area contributed by atoms with Crippen molar-refractivity contribution in [2.75, 3.05) is 0 Å². The second kappa shape index (κ2) is 2.01. The van der Waals surface area contributed by atoms with Crippen molar-refractivity contribution in [2.24, 2.45) is 0 Å². The molecule has 0 saturated carbocycles. The molecule has 0 aromatic heterocycles. The van der Waals surface area contributed by atoms with Crippen molar-refractivity contribution in [2.45, 2.75) is 13.8 Å². The van der Waals surface area contributed by atoms with Gasteiger partial charge in [0.25, 0.3) is 0 Å². The molecule has 0 radical (unpaired) electrons. The summed E-state index contributed by atoms with van der Waals surface area (Å²) in [5, 5.41) is 9.62. The maximum absolute atomic E-state index is 11.7. The van der Waals surface area contributed by atoms with Gasteiger partial charge in [-0.2, -0.15) is 4.57 Å². The van der Waals surface area contributed by atoms with E-state index < -0.39 is 7.82 Å². The summed E-state index contributed by atoms with van der Waals surface area (Å²) in [4.78, 5) is 0. The molecule has 74 valence electrons. The van der Waals surface area contributed by atoms with E-state index in [0.29, 0.717) is 5.75 Å². The average molecular weight is 214 g/mol. The first-order valence-electron chi connectivity index (χ1n) is 4.07. The predicted octanol–water partition coefficient (Wildman–Crippen LogP) is 2.28. The Labute approximate surface area is 79.8 Å². The molecule has 2 aliphatic heterocycles. The Morgan fingerprint density at radius 2 is 1.50 bits per heavy atom. The van der Waals surface area contributed by atoms with Crippen LogP contribution in [0.2, 0.25) is 0 Å². The summed E-state index contributed by atoms with van der Waals surface area (Å²) in [6.07, 6.45) is 0. The van der Waals surface area contributed by atoms with Crippen LogP contribution in [-0.2, 0) is 4.57 Å². The second-order valence-corrected chi connectivity index (χ2v) is 4.75. The molecule has 6 heteroatoms. The van der Waals surface area contributed by atoms with Crippen LogP contribution in [0.15, 0.2) is 0 Å². The van der Waals surface area contributed by atoms with E-state index in [9.17, 15) is 9.67 Å². The average Bonchev–Trinajstić information content (AvgIpc) is 2.40. The third-order valence-corrected chi connectivity index (χ3v) is 3.71. The van der Waals surface area contributed by atoms with Gasteiger partial charge in [0.15, 0.2) is 11.5 Å². The standard InChI is InChI=1S/C8H7O5P/c1-3-4(2)7-8-5(9)6(3)11-14(10,12-7)13-8/h9H,1-2H3. The molecular formula is C8H7O5P. The van der Waals surface area contributed by atoms with E-state index in [2.05, 4.69) is 0 Å². The lowest BCUT2D eigenvalue weighted by molar-refractivity contribution is 0.304. The summed E-state index contributed by atoms with van der Waals surface area (Å²) in [6.45, 7) is 3.56. The zero-order valence-corrected chi connectivity index (χ0v) is 8.42. The first-order valence-corrected chi connectivity index (χ1v) is 5.53. The van der Waals surface area contributed by atoms with Crippen LogP contribution in [0.5, 0.6) is 23.0 Å². The largest absolute Gasteiger partial charge is 0.647 e. The van der Waals surface area contributed by atoms with Gasteiger partial charge in [-0.15, -0.1) is 0 Å². The van der Waals surface area contributed by atoms with Crippen LogP contribution in [0.1, 0.15) is 11.1 Å². The number of phosphoric ester groups is 1. The number of phosphoric acid groups is 1. The molecule has 1 aromatic rings. The van der Waals surface area contributed by atoms with E-state index in [4.69, 9.17) is 13.6 Å². The Morgan fingerprint density at radius 3 is 2.21 bits per heavy atom. The molecule has 0 aliphatic carbocycles. The number of hydrogen-bond donors (Lipinski definition) is 1. The molecular weight excluding hydrogens is 207 g/mol. The van der Waals surface area contributed by atoms with Gasteiger partial charge in [0.2, 0.25) is 11.5 Å². The molecule has 1 N–H and O–H groups in total. The van der Waals surface area contributed by atoms with Gasteiger partial charge >= 0.3 is 7.82 Å². The molecule has 2 heterocycles. The molecule has 0 fully saturated rings. The van der Waals surface area contributed by atoms with Crippen LogP contribution in [0.25, 0.3) is 0 Å². The molecule has 0 spiro atoms. The zero-order valence-electron chi connectivity index (χ0n) is 7.53. The number of benzene rings is 1. The van der Waals surface area contributed by atoms with Crippen LogP contribution < -0.4 is 13.6 Å². The van der Waals surface area contributed by atoms with Gasteiger partial charge in [0.1, 0.15) is 0 Å². The van der Waals surface area contributed by atoms with Gasteiger partial charge in [-0.3, -0.25) is 0 Å². The minimum Gasteiger partial charge on any atom is -0.502 e. The maximum Gasteiger partial charge on any atom is 0.647 e. The van der Waals surface area contributed by atoms with Gasteiger partial charge in [0, 0.05) is 11.1 Å². The normalized spacial score (nSPS) is 25.6. The highest BCUT2D eigenvalue weighted by Crippen LogP contribution is 2.70. The van der Waals surface area contributed by atoms with E-state index in [1.807, 2.05) is 0 Å². The first-order chi connectivity index (χ1) is 6.52. The molecule has 14 heavy (non-hydrogen) atoms. The fraction of sp³-hybridized carbons (Fsp3) is 0.250. The lowest BCUT2D eigenvalue weighted by Crippen LogP contribution is -2.03. The number of fused-ring (bicyclic) bond motifs is 2. The van der Waals surface area contributed by atoms with Crippen LogP contribution in [-0.4, -0.2) is 5.11 Å². The van der Waals surface area contributed by atoms with Crippen LogP contribution in [0.4, 0.5) is 0 Å². The summed E-state index contributed by atoms with van der Waals surface area (Å²) in [5.41, 5.74) is 1.50. The van der Waals surface area contributed by atoms with E-state index in [1.165, 1.54) is 0 Å². The summed E-state index contributed by atoms with van der Waals surface area (Å²) in [5.74, 6) is 0.530. The monoisotopic (exact) mass is 214 g/mol. The van der Waals surface area contributed by atoms with Gasteiger partial charge in [-0.05, 0) is 13.8 Å². The molecule has 1 unspecified atom stereocenters. The second-order valence-electron chi connectivity index (χ2n) is 3.31. The van der Waals surface area contributed by atoms with Crippen molar-refractivity contribution < 1.29 is 23.2 Å². The van der Waals surface area contributed by atoms with E-state index in [1.54, 1.807) is 13.8 Å². The minimum absolute atomic E-state index is 0.132. The van der Waals surface area contributed by atoms with Crippen molar-refractivity contribution in [3.8, 4) is 23.0 Å². The van der Waals surface area contributed by atoms with E-state index in [-0.39, 0.29) is 17.2 Å². The summed E-state index contributed by atoms with van der Waals surface area (Å²) in [6, 6.07) is 0. The van der Waals surface area contributed by atoms with Crippen LogP contribution in [0.3, 0.4) is 0 Å². The smallest absolute Gasteiger partial charge is 0.502 e. The van der Waals surface area contributed by atoms with Crippen molar-refractivity contribution in [3.05, 3.63) is 11.1 Å². The van der Waals surface area contributed by atoms with E-state index >= 15 is 0 Å². The third kappa shape index (κ3) is 0.700. The maximum atomic E-state index is 11.7. The molecule has 3 rings (SSSR count). The van der Waals surface area contributed by atoms with Crippen LogP contribution in [0, 0.1) is 13.8 Å². The third-order valence-electron chi connectivity index (χ3n) is 2.49. The Balaban J connectivity index is 2.48. The highest BCUT2D eigenvalue weighted by Gasteiger charge is 2.50. The number of rotatable bonds is 0. The Bertz CT molecular complexity index is 477. The highest BCUT2D eigenvalue weighted by molar-refractivity contribution is 7.50. The molecule has 2 aliphatic rings. The molecule has 1 atom stereocenters. The fourth-order valence-electron chi connectivity index (χ4n) is 1.60. The van der Waals surface area contributed by atoms with Gasteiger partial charge in [-0.25, -0.2) is 0 Å². The molecule has 5 nitrogen and oxygen atoms in total. The lowest BCUT2D eigenvalue weighted by atomic mass is 10.1. The Morgan fingerprint density at radius 1 is 1.00 bits per heavy atom. The number of hydrogen-bond acceptors (Lipinski definition) is 5. The topological polar surface area (TPSA) is 65.0 Å². The number of aromatic hydroxyl groups is 1. The summed E-state index contributed by atoms with van der Waals surface area (Å²) < 4.78 is 26.6. The predicted molar refractivity (Wildman–Crippen MR) is 47.1 cm³/mol. The van der Waals surface area contributed by atoms with Crippen molar-refractivity contribution in [1.29, 1.82) is 0 Å². The molecule has 0 saturated heterocycles. The molecule has 0 amide bonds. The highest BCUT2D eigenvalue weighted by atomic mass is 31.2. The first kappa shape index (κ1) is 8.00. The SMILES string of the molecule is Cc1c(C)c2c3c(O)c1OP(=O)(O2)O3. The van der Waals surface area contributed by atoms with Crippen molar-refractivity contribution >= 4 is 7.82 Å². The molecule has 1 aromatic carbocycles.